The number of benzene rings is 1. The van der Waals surface area contributed by atoms with Crippen LogP contribution in [-0.2, 0) is 17.8 Å². The van der Waals surface area contributed by atoms with Gasteiger partial charge in [0.1, 0.15) is 11.6 Å². The molecule has 1 amide bonds. The van der Waals surface area contributed by atoms with Gasteiger partial charge in [-0.2, -0.15) is 0 Å². The highest BCUT2D eigenvalue weighted by atomic mass is 16.1. The summed E-state index contributed by atoms with van der Waals surface area (Å²) in [5.41, 5.74) is 3.36. The van der Waals surface area contributed by atoms with E-state index < -0.39 is 0 Å². The van der Waals surface area contributed by atoms with E-state index in [1.54, 1.807) is 0 Å². The molecule has 2 heterocycles. The average Bonchev–Trinajstić information content (AvgIpc) is 3.12. The second-order valence-corrected chi connectivity index (χ2v) is 6.74. The number of carbonyl (C=O) groups is 1. The highest BCUT2D eigenvalue weighted by Gasteiger charge is 2.15. The largest absolute Gasteiger partial charge is 0.357 e. The molecule has 0 saturated carbocycles. The molecule has 1 aliphatic heterocycles. The van der Waals surface area contributed by atoms with Crippen molar-refractivity contribution in [3.05, 3.63) is 53.0 Å². The number of nitrogens with one attached hydrogen (secondary N) is 1. The summed E-state index contributed by atoms with van der Waals surface area (Å²) in [6, 6.07) is 10.3. The van der Waals surface area contributed by atoms with Gasteiger partial charge in [-0.15, -0.1) is 0 Å². The van der Waals surface area contributed by atoms with E-state index >= 15 is 0 Å². The molecule has 1 aliphatic rings. The summed E-state index contributed by atoms with van der Waals surface area (Å²) >= 11 is 0. The molecule has 132 valence electrons. The van der Waals surface area contributed by atoms with Gasteiger partial charge in [-0.25, -0.2) is 9.97 Å². The first-order valence-corrected chi connectivity index (χ1v) is 9.02. The summed E-state index contributed by atoms with van der Waals surface area (Å²) < 4.78 is 0. The van der Waals surface area contributed by atoms with E-state index in [2.05, 4.69) is 45.3 Å². The van der Waals surface area contributed by atoms with E-state index in [0.717, 1.165) is 31.0 Å². The Balaban J connectivity index is 1.53. The molecule has 5 heteroatoms. The second-order valence-electron chi connectivity index (χ2n) is 6.74. The molecule has 25 heavy (non-hydrogen) atoms. The number of amides is 1. The number of hydrogen-bond acceptors (Lipinski definition) is 4. The number of nitrogens with zero attached hydrogens (tertiary/aromatic N) is 3. The third-order valence-electron chi connectivity index (χ3n) is 4.48. The van der Waals surface area contributed by atoms with E-state index in [9.17, 15) is 4.79 Å². The van der Waals surface area contributed by atoms with Crippen LogP contribution in [0.3, 0.4) is 0 Å². The Hall–Kier alpha value is -2.43. The monoisotopic (exact) mass is 338 g/mol. The van der Waals surface area contributed by atoms with Crippen molar-refractivity contribution in [2.24, 2.45) is 0 Å². The van der Waals surface area contributed by atoms with Crippen molar-refractivity contribution in [3.8, 4) is 0 Å². The van der Waals surface area contributed by atoms with Crippen LogP contribution in [0.2, 0.25) is 0 Å². The van der Waals surface area contributed by atoms with Crippen LogP contribution in [0, 0.1) is 13.8 Å². The lowest BCUT2D eigenvalue weighted by atomic mass is 10.1. The number of hydrogen-bond donors (Lipinski definition) is 1. The van der Waals surface area contributed by atoms with Crippen LogP contribution < -0.4 is 10.2 Å². The van der Waals surface area contributed by atoms with Crippen molar-refractivity contribution >= 4 is 11.7 Å². The molecule has 0 atom stereocenters. The maximum absolute atomic E-state index is 12.1. The maximum Gasteiger partial charge on any atom is 0.220 e. The van der Waals surface area contributed by atoms with E-state index in [4.69, 9.17) is 0 Å². The number of aromatic nitrogens is 2. The Morgan fingerprint density at radius 1 is 1.16 bits per heavy atom. The van der Waals surface area contributed by atoms with Crippen LogP contribution in [0.4, 0.5) is 5.82 Å². The third kappa shape index (κ3) is 5.02. The van der Waals surface area contributed by atoms with Gasteiger partial charge in [0.05, 0.1) is 6.54 Å². The molecule has 0 radical (unpaired) electrons. The maximum atomic E-state index is 12.1. The Morgan fingerprint density at radius 2 is 1.96 bits per heavy atom. The molecule has 1 fully saturated rings. The van der Waals surface area contributed by atoms with Crippen LogP contribution in [0.15, 0.2) is 30.3 Å². The molecule has 1 saturated heterocycles. The van der Waals surface area contributed by atoms with Gasteiger partial charge in [0, 0.05) is 31.3 Å². The molecule has 1 aromatic heterocycles. The highest BCUT2D eigenvalue weighted by molar-refractivity contribution is 5.76. The fourth-order valence-electron chi connectivity index (χ4n) is 3.19. The van der Waals surface area contributed by atoms with E-state index in [1.165, 1.54) is 24.0 Å². The predicted octanol–water partition coefficient (Wildman–Crippen LogP) is 2.94. The van der Waals surface area contributed by atoms with Crippen LogP contribution in [-0.4, -0.2) is 29.0 Å². The van der Waals surface area contributed by atoms with Crippen LogP contribution in [0.1, 0.15) is 41.9 Å². The summed E-state index contributed by atoms with van der Waals surface area (Å²) in [6.07, 6.45) is 3.66. The van der Waals surface area contributed by atoms with Gasteiger partial charge >= 0.3 is 0 Å². The Labute approximate surface area is 149 Å². The first-order chi connectivity index (χ1) is 12.1. The van der Waals surface area contributed by atoms with Gasteiger partial charge in [-0.05, 0) is 38.7 Å². The molecule has 1 aromatic carbocycles. The van der Waals surface area contributed by atoms with Crippen LogP contribution >= 0.6 is 0 Å². The number of anilines is 1. The highest BCUT2D eigenvalue weighted by Crippen LogP contribution is 2.18. The topological polar surface area (TPSA) is 58.1 Å². The molecular weight excluding hydrogens is 312 g/mol. The van der Waals surface area contributed by atoms with Crippen LogP contribution in [0.5, 0.6) is 0 Å². The lowest BCUT2D eigenvalue weighted by Gasteiger charge is -2.17. The average molecular weight is 338 g/mol. The lowest BCUT2D eigenvalue weighted by molar-refractivity contribution is -0.121. The van der Waals surface area contributed by atoms with Crippen molar-refractivity contribution in [1.82, 2.24) is 15.3 Å². The minimum absolute atomic E-state index is 0.0364. The molecule has 5 nitrogen and oxygen atoms in total. The quantitative estimate of drug-likeness (QED) is 0.880. The molecule has 2 aromatic rings. The molecule has 1 N–H and O–H groups in total. The lowest BCUT2D eigenvalue weighted by Crippen LogP contribution is -2.25. The van der Waals surface area contributed by atoms with Gasteiger partial charge < -0.3 is 10.2 Å². The van der Waals surface area contributed by atoms with E-state index in [1.807, 2.05) is 19.1 Å². The molecule has 0 spiro atoms. The standard InChI is InChI=1S/C20H26N4O/c1-15-6-5-7-17(12-15)8-9-20(25)21-14-18-22-16(2)13-19(23-18)24-10-3-4-11-24/h5-7,12-13H,3-4,8-11,14H2,1-2H3,(H,21,25). The van der Waals surface area contributed by atoms with Crippen molar-refractivity contribution in [3.63, 3.8) is 0 Å². The first-order valence-electron chi connectivity index (χ1n) is 9.02. The fraction of sp³-hybridized carbons (Fsp3) is 0.450. The normalized spacial score (nSPS) is 13.9. The third-order valence-corrected chi connectivity index (χ3v) is 4.48. The second kappa shape index (κ2) is 8.10. The summed E-state index contributed by atoms with van der Waals surface area (Å²) in [7, 11) is 0. The van der Waals surface area contributed by atoms with Crippen molar-refractivity contribution in [2.75, 3.05) is 18.0 Å². The fourth-order valence-corrected chi connectivity index (χ4v) is 3.19. The zero-order valence-corrected chi connectivity index (χ0v) is 15.1. The van der Waals surface area contributed by atoms with Gasteiger partial charge in [-0.1, -0.05) is 29.8 Å². The number of rotatable bonds is 6. The summed E-state index contributed by atoms with van der Waals surface area (Å²) in [6.45, 7) is 6.54. The van der Waals surface area contributed by atoms with Crippen molar-refractivity contribution in [2.45, 2.75) is 46.1 Å². The molecule has 3 rings (SSSR count). The minimum atomic E-state index is 0.0364. The Morgan fingerprint density at radius 3 is 2.72 bits per heavy atom. The van der Waals surface area contributed by atoms with Crippen LogP contribution in [0.25, 0.3) is 0 Å². The molecule has 0 bridgehead atoms. The van der Waals surface area contributed by atoms with Gasteiger partial charge in [0.2, 0.25) is 5.91 Å². The summed E-state index contributed by atoms with van der Waals surface area (Å²) in [5, 5.41) is 2.95. The van der Waals surface area contributed by atoms with Gasteiger partial charge in [-0.3, -0.25) is 4.79 Å². The Bertz CT molecular complexity index is 738. The van der Waals surface area contributed by atoms with E-state index in [-0.39, 0.29) is 5.91 Å². The first kappa shape index (κ1) is 17.4. The summed E-state index contributed by atoms with van der Waals surface area (Å²) in [4.78, 5) is 23.5. The molecule has 0 aliphatic carbocycles. The van der Waals surface area contributed by atoms with Crippen molar-refractivity contribution in [1.29, 1.82) is 0 Å². The summed E-state index contributed by atoms with van der Waals surface area (Å²) in [5.74, 6) is 1.70. The predicted molar refractivity (Wildman–Crippen MR) is 99.6 cm³/mol. The minimum Gasteiger partial charge on any atom is -0.357 e. The van der Waals surface area contributed by atoms with Gasteiger partial charge in [0.25, 0.3) is 0 Å². The molecule has 0 unspecified atom stereocenters. The number of carbonyl (C=O) groups excluding carboxylic acids is 1. The zero-order chi connectivity index (χ0) is 17.6. The SMILES string of the molecule is Cc1cccc(CCC(=O)NCc2nc(C)cc(N3CCCC3)n2)c1. The Kier molecular flexibility index (Phi) is 5.64. The smallest absolute Gasteiger partial charge is 0.220 e. The molecular formula is C20H26N4O. The zero-order valence-electron chi connectivity index (χ0n) is 15.1. The van der Waals surface area contributed by atoms with E-state index in [0.29, 0.717) is 18.8 Å². The van der Waals surface area contributed by atoms with Gasteiger partial charge in [0.15, 0.2) is 0 Å². The van der Waals surface area contributed by atoms with Crippen molar-refractivity contribution < 1.29 is 4.79 Å². The number of aryl methyl sites for hydroxylation is 3.